The molecule has 1 aliphatic carbocycles. The zero-order valence-corrected chi connectivity index (χ0v) is 9.99. The first-order chi connectivity index (χ1) is 7.58. The van der Waals surface area contributed by atoms with Crippen molar-refractivity contribution in [2.75, 3.05) is 13.7 Å². The van der Waals surface area contributed by atoms with E-state index in [2.05, 4.69) is 32.0 Å². The molecule has 1 saturated heterocycles. The molecule has 16 heavy (non-hydrogen) atoms. The summed E-state index contributed by atoms with van der Waals surface area (Å²) in [6.07, 6.45) is 1.18. The lowest BCUT2D eigenvalue weighted by atomic mass is 9.85. The third kappa shape index (κ3) is 1.39. The summed E-state index contributed by atoms with van der Waals surface area (Å²) in [5, 5.41) is 1.49. The van der Waals surface area contributed by atoms with Gasteiger partial charge in [-0.2, -0.15) is 0 Å². The number of hydroxylamine groups is 2. The molecule has 3 heteroatoms. The highest BCUT2D eigenvalue weighted by atomic mass is 17.0. The average molecular weight is 219 g/mol. The molecule has 1 heterocycles. The van der Waals surface area contributed by atoms with E-state index in [0.29, 0.717) is 0 Å². The first kappa shape index (κ1) is 10.3. The maximum atomic E-state index is 5.79. The van der Waals surface area contributed by atoms with Crippen LogP contribution in [-0.2, 0) is 16.1 Å². The summed E-state index contributed by atoms with van der Waals surface area (Å²) >= 11 is 0. The minimum Gasteiger partial charge on any atom is -0.274 e. The summed E-state index contributed by atoms with van der Waals surface area (Å²) < 4.78 is 0. The van der Waals surface area contributed by atoms with Crippen LogP contribution < -0.4 is 0 Å². The molecule has 0 spiro atoms. The molecule has 0 saturated carbocycles. The Bertz CT molecular complexity index is 432. The highest BCUT2D eigenvalue weighted by Crippen LogP contribution is 2.50. The fourth-order valence-corrected chi connectivity index (χ4v) is 2.77. The first-order valence-corrected chi connectivity index (χ1v) is 5.71. The highest BCUT2D eigenvalue weighted by Gasteiger charge is 2.47. The molecule has 2 aliphatic rings. The normalized spacial score (nSPS) is 33.6. The standard InChI is InChI=1S/C13H17NO2/c1-9-4-5-11-10(6-9)7-13(2)8-15-14(3)16-12(11)13/h4-6,12H,7-8H2,1-3H3/t12?,13-/m0/s1. The summed E-state index contributed by atoms with van der Waals surface area (Å²) in [4.78, 5) is 11.3. The quantitative estimate of drug-likeness (QED) is 0.669. The predicted molar refractivity (Wildman–Crippen MR) is 60.5 cm³/mol. The Morgan fingerprint density at radius 1 is 1.44 bits per heavy atom. The summed E-state index contributed by atoms with van der Waals surface area (Å²) in [6.45, 7) is 5.09. The van der Waals surface area contributed by atoms with Crippen molar-refractivity contribution in [1.29, 1.82) is 0 Å². The van der Waals surface area contributed by atoms with Gasteiger partial charge in [-0.1, -0.05) is 35.9 Å². The number of hydrogen-bond donors (Lipinski definition) is 0. The first-order valence-electron chi connectivity index (χ1n) is 5.71. The molecule has 1 unspecified atom stereocenters. The molecule has 0 N–H and O–H groups in total. The van der Waals surface area contributed by atoms with Gasteiger partial charge in [0.05, 0.1) is 6.61 Å². The van der Waals surface area contributed by atoms with Crippen molar-refractivity contribution in [3.05, 3.63) is 34.9 Å². The molecule has 0 aromatic heterocycles. The van der Waals surface area contributed by atoms with Gasteiger partial charge in [0.2, 0.25) is 0 Å². The zero-order chi connectivity index (χ0) is 11.3. The van der Waals surface area contributed by atoms with E-state index in [1.165, 1.54) is 21.9 Å². The lowest BCUT2D eigenvalue weighted by Crippen LogP contribution is -2.41. The van der Waals surface area contributed by atoms with E-state index in [4.69, 9.17) is 9.68 Å². The van der Waals surface area contributed by atoms with Gasteiger partial charge < -0.3 is 0 Å². The molecule has 86 valence electrons. The van der Waals surface area contributed by atoms with Crippen molar-refractivity contribution in [1.82, 2.24) is 5.23 Å². The van der Waals surface area contributed by atoms with Gasteiger partial charge in [0.1, 0.15) is 6.10 Å². The number of hydrogen-bond acceptors (Lipinski definition) is 3. The van der Waals surface area contributed by atoms with Gasteiger partial charge in [-0.15, -0.1) is 0 Å². The number of benzene rings is 1. The van der Waals surface area contributed by atoms with E-state index in [0.717, 1.165) is 13.0 Å². The Morgan fingerprint density at radius 2 is 2.25 bits per heavy atom. The van der Waals surface area contributed by atoms with Crippen LogP contribution in [0.5, 0.6) is 0 Å². The van der Waals surface area contributed by atoms with Gasteiger partial charge in [-0.3, -0.25) is 9.68 Å². The Kier molecular flexibility index (Phi) is 2.11. The lowest BCUT2D eigenvalue weighted by Gasteiger charge is -2.39. The largest absolute Gasteiger partial charge is 0.274 e. The Labute approximate surface area is 95.9 Å². The summed E-state index contributed by atoms with van der Waals surface area (Å²) in [5.74, 6) is 0. The monoisotopic (exact) mass is 219 g/mol. The molecule has 0 radical (unpaired) electrons. The summed E-state index contributed by atoms with van der Waals surface area (Å²) in [6, 6.07) is 6.62. The second kappa shape index (κ2) is 3.29. The van der Waals surface area contributed by atoms with Gasteiger partial charge in [-0.05, 0) is 24.5 Å². The molecule has 1 aromatic carbocycles. The van der Waals surface area contributed by atoms with Crippen LogP contribution in [0, 0.1) is 12.3 Å². The third-order valence-electron chi connectivity index (χ3n) is 3.64. The molecule has 3 nitrogen and oxygen atoms in total. The van der Waals surface area contributed by atoms with Gasteiger partial charge in [0.15, 0.2) is 0 Å². The molecule has 1 fully saturated rings. The van der Waals surface area contributed by atoms with E-state index < -0.39 is 0 Å². The fourth-order valence-electron chi connectivity index (χ4n) is 2.77. The minimum absolute atomic E-state index is 0.0859. The fraction of sp³-hybridized carbons (Fsp3) is 0.538. The van der Waals surface area contributed by atoms with Gasteiger partial charge in [0.25, 0.3) is 0 Å². The highest BCUT2D eigenvalue weighted by molar-refractivity contribution is 5.39. The molecule has 1 aliphatic heterocycles. The van der Waals surface area contributed by atoms with E-state index >= 15 is 0 Å². The molecule has 3 rings (SSSR count). The van der Waals surface area contributed by atoms with Crippen LogP contribution in [0.25, 0.3) is 0 Å². The van der Waals surface area contributed by atoms with E-state index in [9.17, 15) is 0 Å². The predicted octanol–water partition coefficient (Wildman–Crippen LogP) is 2.41. The number of aryl methyl sites for hydroxylation is 1. The van der Waals surface area contributed by atoms with Crippen molar-refractivity contribution in [2.45, 2.75) is 26.4 Å². The second-order valence-electron chi connectivity index (χ2n) is 5.23. The van der Waals surface area contributed by atoms with E-state index in [-0.39, 0.29) is 11.5 Å². The van der Waals surface area contributed by atoms with E-state index in [1.54, 1.807) is 0 Å². The second-order valence-corrected chi connectivity index (χ2v) is 5.23. The van der Waals surface area contributed by atoms with Crippen molar-refractivity contribution in [3.8, 4) is 0 Å². The van der Waals surface area contributed by atoms with Gasteiger partial charge >= 0.3 is 0 Å². The minimum atomic E-state index is 0.0859. The molecule has 2 atom stereocenters. The Hall–Kier alpha value is -0.900. The smallest absolute Gasteiger partial charge is 0.115 e. The van der Waals surface area contributed by atoms with Gasteiger partial charge in [-0.25, -0.2) is 0 Å². The molecule has 0 amide bonds. The van der Waals surface area contributed by atoms with Crippen LogP contribution in [0.3, 0.4) is 0 Å². The van der Waals surface area contributed by atoms with Crippen LogP contribution in [0.15, 0.2) is 18.2 Å². The van der Waals surface area contributed by atoms with Crippen LogP contribution in [0.4, 0.5) is 0 Å². The lowest BCUT2D eigenvalue weighted by molar-refractivity contribution is -0.430. The van der Waals surface area contributed by atoms with E-state index in [1.807, 2.05) is 7.05 Å². The topological polar surface area (TPSA) is 21.7 Å². The zero-order valence-electron chi connectivity index (χ0n) is 9.99. The maximum Gasteiger partial charge on any atom is 0.115 e. The number of fused-ring (bicyclic) bond motifs is 3. The molecule has 0 bridgehead atoms. The van der Waals surface area contributed by atoms with Crippen molar-refractivity contribution in [2.24, 2.45) is 5.41 Å². The number of nitrogens with zero attached hydrogens (tertiary/aromatic N) is 1. The van der Waals surface area contributed by atoms with Crippen LogP contribution in [0.1, 0.15) is 29.7 Å². The summed E-state index contributed by atoms with van der Waals surface area (Å²) in [7, 11) is 1.81. The van der Waals surface area contributed by atoms with Gasteiger partial charge in [0, 0.05) is 12.5 Å². The average Bonchev–Trinajstić information content (AvgIpc) is 2.50. The molecular weight excluding hydrogens is 202 g/mol. The summed E-state index contributed by atoms with van der Waals surface area (Å²) in [5.41, 5.74) is 4.13. The Morgan fingerprint density at radius 3 is 3.06 bits per heavy atom. The Balaban J connectivity index is 2.04. The SMILES string of the molecule is Cc1ccc2c(c1)C[C@@]1(C)CON(C)OC21. The van der Waals surface area contributed by atoms with Crippen LogP contribution >= 0.6 is 0 Å². The molecule has 1 aromatic rings. The third-order valence-corrected chi connectivity index (χ3v) is 3.64. The number of rotatable bonds is 0. The molecular formula is C13H17NO2. The maximum absolute atomic E-state index is 5.79. The van der Waals surface area contributed by atoms with Crippen molar-refractivity contribution in [3.63, 3.8) is 0 Å². The van der Waals surface area contributed by atoms with Crippen LogP contribution in [0.2, 0.25) is 0 Å². The van der Waals surface area contributed by atoms with Crippen molar-refractivity contribution >= 4 is 0 Å². The van der Waals surface area contributed by atoms with Crippen molar-refractivity contribution < 1.29 is 9.68 Å². The van der Waals surface area contributed by atoms with Crippen LogP contribution in [-0.4, -0.2) is 18.9 Å².